The Bertz CT molecular complexity index is 1380. The van der Waals surface area contributed by atoms with Crippen LogP contribution in [-0.4, -0.2) is 31.1 Å². The molecule has 0 amide bonds. The number of allylic oxidation sites excluding steroid dienone is 1. The Labute approximate surface area is 193 Å². The van der Waals surface area contributed by atoms with Crippen molar-refractivity contribution in [1.82, 2.24) is 14.3 Å². The quantitative estimate of drug-likeness (QED) is 0.515. The molecule has 0 bridgehead atoms. The predicted molar refractivity (Wildman–Crippen MR) is 129 cm³/mol. The maximum atomic E-state index is 13.4. The van der Waals surface area contributed by atoms with Crippen molar-refractivity contribution in [2.75, 3.05) is 13.2 Å². The number of hydrogen-bond acceptors (Lipinski definition) is 5. The monoisotopic (exact) mass is 465 g/mol. The van der Waals surface area contributed by atoms with Crippen molar-refractivity contribution in [2.45, 2.75) is 33.7 Å². The maximum absolute atomic E-state index is 13.4. The number of aryl methyl sites for hydroxylation is 3. The zero-order valence-corrected chi connectivity index (χ0v) is 19.8. The van der Waals surface area contributed by atoms with E-state index < -0.39 is 10.0 Å². The van der Waals surface area contributed by atoms with Gasteiger partial charge >= 0.3 is 0 Å². The van der Waals surface area contributed by atoms with E-state index in [-0.39, 0.29) is 29.4 Å². The van der Waals surface area contributed by atoms with Crippen molar-refractivity contribution in [3.05, 3.63) is 93.2 Å². The molecule has 0 radical (unpaired) electrons. The second kappa shape index (κ2) is 9.33. The Kier molecular flexibility index (Phi) is 6.49. The fourth-order valence-corrected chi connectivity index (χ4v) is 5.41. The van der Waals surface area contributed by atoms with Gasteiger partial charge in [0.05, 0.1) is 13.2 Å². The number of rotatable bonds is 8. The van der Waals surface area contributed by atoms with E-state index in [1.807, 2.05) is 62.4 Å². The van der Waals surface area contributed by atoms with Gasteiger partial charge in [0.2, 0.25) is 10.0 Å². The fourth-order valence-electron chi connectivity index (χ4n) is 3.95. The van der Waals surface area contributed by atoms with Crippen LogP contribution in [0, 0.1) is 20.8 Å². The van der Waals surface area contributed by atoms with Gasteiger partial charge in [-0.25, -0.2) is 18.1 Å². The highest BCUT2D eigenvalue weighted by Gasteiger charge is 2.34. The van der Waals surface area contributed by atoms with Crippen LogP contribution in [0.1, 0.15) is 34.6 Å². The lowest BCUT2D eigenvalue weighted by Gasteiger charge is -2.12. The average molecular weight is 466 g/mol. The molecule has 4 rings (SSSR count). The van der Waals surface area contributed by atoms with Gasteiger partial charge < -0.3 is 4.74 Å². The number of fused-ring (bicyclic) bond motifs is 1. The second-order valence-electron chi connectivity index (χ2n) is 8.19. The molecular weight excluding hydrogens is 438 g/mol. The molecule has 0 saturated carbocycles. The molecule has 172 valence electrons. The first-order valence-corrected chi connectivity index (χ1v) is 12.3. The highest BCUT2D eigenvalue weighted by atomic mass is 32.2. The van der Waals surface area contributed by atoms with Crippen LogP contribution in [0.3, 0.4) is 0 Å². The number of nitrogens with one attached hydrogen (secondary N) is 1. The number of sulfonamides is 1. The molecule has 2 heterocycles. The molecule has 0 atom stereocenters. The van der Waals surface area contributed by atoms with Gasteiger partial charge in [-0.3, -0.25) is 9.36 Å². The fraction of sp³-hybridized carbons (Fsp3) is 0.280. The molecule has 7 nitrogen and oxygen atoms in total. The van der Waals surface area contributed by atoms with Gasteiger partial charge in [0.1, 0.15) is 10.7 Å². The van der Waals surface area contributed by atoms with Crippen molar-refractivity contribution >= 4 is 20.5 Å². The van der Waals surface area contributed by atoms with Gasteiger partial charge in [0.15, 0.2) is 5.82 Å². The van der Waals surface area contributed by atoms with Crippen molar-refractivity contribution in [1.29, 1.82) is 0 Å². The minimum Gasteiger partial charge on any atom is -0.493 e. The third-order valence-electron chi connectivity index (χ3n) is 5.52. The number of ether oxygens (including phenoxy) is 1. The van der Waals surface area contributed by atoms with E-state index in [0.717, 1.165) is 22.4 Å². The van der Waals surface area contributed by atoms with E-state index in [9.17, 15) is 13.2 Å². The van der Waals surface area contributed by atoms with Gasteiger partial charge in [-0.2, -0.15) is 0 Å². The minimum atomic E-state index is -3.91. The second-order valence-corrected chi connectivity index (χ2v) is 9.89. The molecule has 0 unspecified atom stereocenters. The molecule has 1 aromatic heterocycles. The molecule has 2 aromatic carbocycles. The first kappa shape index (κ1) is 22.9. The highest BCUT2D eigenvalue weighted by molar-refractivity contribution is 7.99. The van der Waals surface area contributed by atoms with Crippen LogP contribution in [0.5, 0.6) is 5.75 Å². The topological polar surface area (TPSA) is 90.3 Å². The predicted octanol–water partition coefficient (Wildman–Crippen LogP) is 3.44. The van der Waals surface area contributed by atoms with E-state index >= 15 is 0 Å². The SMILES string of the molecule is Cc1ccc(OCCCNS(=O)(=O)C2=C(c3ccccc3)Cn3c2nc(C)cc3=O)c(C)c1. The Balaban J connectivity index is 1.54. The third-order valence-corrected chi connectivity index (χ3v) is 7.07. The number of hydrogen-bond donors (Lipinski definition) is 1. The van der Waals surface area contributed by atoms with E-state index in [1.54, 1.807) is 6.92 Å². The lowest BCUT2D eigenvalue weighted by Crippen LogP contribution is -2.28. The van der Waals surface area contributed by atoms with Crippen LogP contribution in [0.15, 0.2) is 59.4 Å². The van der Waals surface area contributed by atoms with Crippen LogP contribution in [-0.2, 0) is 16.6 Å². The molecule has 33 heavy (non-hydrogen) atoms. The molecule has 0 aliphatic carbocycles. The molecular formula is C25H27N3O4S. The molecule has 3 aromatic rings. The minimum absolute atomic E-state index is 0.0600. The van der Waals surface area contributed by atoms with Gasteiger partial charge in [0.25, 0.3) is 5.56 Å². The molecule has 0 spiro atoms. The van der Waals surface area contributed by atoms with Crippen molar-refractivity contribution in [3.8, 4) is 5.75 Å². The summed E-state index contributed by atoms with van der Waals surface area (Å²) in [7, 11) is -3.91. The molecule has 8 heteroatoms. The third kappa shape index (κ3) is 4.91. The first-order valence-electron chi connectivity index (χ1n) is 10.8. The van der Waals surface area contributed by atoms with Gasteiger partial charge in [-0.1, -0.05) is 48.0 Å². The molecule has 0 fully saturated rings. The lowest BCUT2D eigenvalue weighted by atomic mass is 10.1. The van der Waals surface area contributed by atoms with Crippen LogP contribution in [0.4, 0.5) is 0 Å². The van der Waals surface area contributed by atoms with E-state index in [2.05, 4.69) is 9.71 Å². The van der Waals surface area contributed by atoms with Gasteiger partial charge in [0, 0.05) is 23.9 Å². The summed E-state index contributed by atoms with van der Waals surface area (Å²) in [5.74, 6) is 0.971. The summed E-state index contributed by atoms with van der Waals surface area (Å²) in [6, 6.07) is 16.6. The number of aromatic nitrogens is 2. The summed E-state index contributed by atoms with van der Waals surface area (Å²) >= 11 is 0. The lowest BCUT2D eigenvalue weighted by molar-refractivity contribution is 0.309. The highest BCUT2D eigenvalue weighted by Crippen LogP contribution is 2.35. The van der Waals surface area contributed by atoms with E-state index in [4.69, 9.17) is 4.74 Å². The van der Waals surface area contributed by atoms with Crippen molar-refractivity contribution in [2.24, 2.45) is 0 Å². The number of nitrogens with zero attached hydrogens (tertiary/aromatic N) is 2. The van der Waals surface area contributed by atoms with E-state index in [1.165, 1.54) is 10.6 Å². The Morgan fingerprint density at radius 3 is 2.55 bits per heavy atom. The maximum Gasteiger partial charge on any atom is 0.254 e. The summed E-state index contributed by atoms with van der Waals surface area (Å²) < 4.78 is 36.6. The average Bonchev–Trinajstić information content (AvgIpc) is 3.16. The number of benzene rings is 2. The van der Waals surface area contributed by atoms with Crippen molar-refractivity contribution < 1.29 is 13.2 Å². The van der Waals surface area contributed by atoms with Crippen LogP contribution >= 0.6 is 0 Å². The molecule has 1 N–H and O–H groups in total. The molecule has 0 saturated heterocycles. The zero-order valence-electron chi connectivity index (χ0n) is 19.0. The summed E-state index contributed by atoms with van der Waals surface area (Å²) in [5, 5.41) is 0. The zero-order chi connectivity index (χ0) is 23.6. The van der Waals surface area contributed by atoms with Crippen LogP contribution in [0.2, 0.25) is 0 Å². The smallest absolute Gasteiger partial charge is 0.254 e. The summed E-state index contributed by atoms with van der Waals surface area (Å²) in [4.78, 5) is 17.0. The van der Waals surface area contributed by atoms with Gasteiger partial charge in [-0.05, 0) is 44.4 Å². The van der Waals surface area contributed by atoms with E-state index in [0.29, 0.717) is 24.3 Å². The summed E-state index contributed by atoms with van der Waals surface area (Å²) in [6.07, 6.45) is 0.495. The Hall–Kier alpha value is -3.23. The summed E-state index contributed by atoms with van der Waals surface area (Å²) in [5.41, 5.74) is 3.73. The summed E-state index contributed by atoms with van der Waals surface area (Å²) in [6.45, 7) is 6.44. The van der Waals surface area contributed by atoms with Crippen molar-refractivity contribution in [3.63, 3.8) is 0 Å². The van der Waals surface area contributed by atoms with Crippen LogP contribution in [0.25, 0.3) is 10.5 Å². The Morgan fingerprint density at radius 2 is 1.82 bits per heavy atom. The first-order chi connectivity index (χ1) is 15.8. The normalized spacial score (nSPS) is 13.3. The van der Waals surface area contributed by atoms with Gasteiger partial charge in [-0.15, -0.1) is 0 Å². The largest absolute Gasteiger partial charge is 0.493 e. The molecule has 1 aliphatic heterocycles. The Morgan fingerprint density at radius 1 is 1.06 bits per heavy atom. The van der Waals surface area contributed by atoms with Crippen LogP contribution < -0.4 is 15.0 Å². The molecule has 1 aliphatic rings. The standard InChI is InChI=1S/C25H27N3O4S/c1-17-10-11-22(18(2)14-17)32-13-7-12-26-33(30,31)24-21(20-8-5-4-6-9-20)16-28-23(29)15-19(3)27-25(24)28/h4-6,8-11,14-15,26H,7,12-13,16H2,1-3H3.